The first-order valence-electron chi connectivity index (χ1n) is 8.88. The van der Waals surface area contributed by atoms with Crippen molar-refractivity contribution >= 4 is 23.2 Å². The first kappa shape index (κ1) is 17.8. The number of benzene rings is 1. The lowest BCUT2D eigenvalue weighted by Gasteiger charge is -2.23. The van der Waals surface area contributed by atoms with Crippen molar-refractivity contribution in [3.8, 4) is 17.1 Å². The second-order valence-electron chi connectivity index (χ2n) is 6.45. The molecule has 2 amide bonds. The molecule has 28 heavy (non-hydrogen) atoms. The van der Waals surface area contributed by atoms with E-state index in [1.807, 2.05) is 18.5 Å². The molecule has 9 nitrogen and oxygen atoms in total. The number of ether oxygens (including phenoxy) is 1. The molecule has 0 saturated carbocycles. The minimum atomic E-state index is -0.554. The molecule has 0 bridgehead atoms. The number of anilines is 2. The fraction of sp³-hybridized carbons (Fsp3) is 0.263. The fourth-order valence-electron chi connectivity index (χ4n) is 3.00. The quantitative estimate of drug-likeness (QED) is 0.719. The number of amides is 2. The molecule has 2 N–H and O–H groups in total. The average Bonchev–Trinajstić information content (AvgIpc) is 3.29. The van der Waals surface area contributed by atoms with Gasteiger partial charge in [-0.05, 0) is 39.0 Å². The number of aromatic nitrogens is 3. The lowest BCUT2D eigenvalue weighted by Crippen LogP contribution is -2.34. The predicted molar refractivity (Wildman–Crippen MR) is 101 cm³/mol. The smallest absolute Gasteiger partial charge is 0.277 e. The van der Waals surface area contributed by atoms with E-state index in [4.69, 9.17) is 9.26 Å². The molecule has 3 aromatic rings. The highest BCUT2D eigenvalue weighted by atomic mass is 16.5. The maximum absolute atomic E-state index is 12.5. The third-order valence-corrected chi connectivity index (χ3v) is 4.58. The maximum Gasteiger partial charge on any atom is 0.277 e. The van der Waals surface area contributed by atoms with Crippen LogP contribution in [0, 0.1) is 6.92 Å². The first-order chi connectivity index (χ1) is 13.5. The van der Waals surface area contributed by atoms with Gasteiger partial charge in [0.05, 0.1) is 17.4 Å². The van der Waals surface area contributed by atoms with Crippen LogP contribution < -0.4 is 15.4 Å². The Morgan fingerprint density at radius 3 is 2.93 bits per heavy atom. The van der Waals surface area contributed by atoms with Gasteiger partial charge in [0.1, 0.15) is 5.75 Å². The van der Waals surface area contributed by atoms with Gasteiger partial charge in [-0.2, -0.15) is 5.10 Å². The molecule has 0 radical (unpaired) electrons. The molecule has 1 aliphatic rings. The summed E-state index contributed by atoms with van der Waals surface area (Å²) in [7, 11) is 0. The Morgan fingerprint density at radius 1 is 1.36 bits per heavy atom. The zero-order chi connectivity index (χ0) is 19.8. The molecule has 0 saturated heterocycles. The molecule has 1 aliphatic heterocycles. The minimum absolute atomic E-state index is 0.144. The van der Waals surface area contributed by atoms with E-state index < -0.39 is 12.0 Å². The number of hydrogen-bond acceptors (Lipinski definition) is 6. The van der Waals surface area contributed by atoms with Crippen LogP contribution in [0.5, 0.6) is 5.75 Å². The number of hydrogen-bond donors (Lipinski definition) is 2. The van der Waals surface area contributed by atoms with Crippen LogP contribution in [-0.2, 0) is 11.3 Å². The van der Waals surface area contributed by atoms with Crippen molar-refractivity contribution in [3.63, 3.8) is 0 Å². The topological polar surface area (TPSA) is 111 Å². The summed E-state index contributed by atoms with van der Waals surface area (Å²) < 4.78 is 12.7. The van der Waals surface area contributed by atoms with Crippen LogP contribution in [0.3, 0.4) is 0 Å². The van der Waals surface area contributed by atoms with Gasteiger partial charge in [0, 0.05) is 24.0 Å². The zero-order valence-electron chi connectivity index (χ0n) is 15.6. The van der Waals surface area contributed by atoms with Gasteiger partial charge in [-0.15, -0.1) is 0 Å². The SMILES string of the molecule is CCn1ncc(-c2cc(C(=O)Nc3ccc4c(c3)NC(=O)C(C)O4)no2)c1C. The van der Waals surface area contributed by atoms with Crippen molar-refractivity contribution in [2.24, 2.45) is 0 Å². The third kappa shape index (κ3) is 3.11. The Balaban J connectivity index is 1.52. The summed E-state index contributed by atoms with van der Waals surface area (Å²) in [5.41, 5.74) is 2.87. The van der Waals surface area contributed by atoms with Gasteiger partial charge >= 0.3 is 0 Å². The lowest BCUT2D eigenvalue weighted by molar-refractivity contribution is -0.122. The predicted octanol–water partition coefficient (Wildman–Crippen LogP) is 2.84. The van der Waals surface area contributed by atoms with E-state index in [0.29, 0.717) is 22.9 Å². The summed E-state index contributed by atoms with van der Waals surface area (Å²) in [6, 6.07) is 6.59. The van der Waals surface area contributed by atoms with Gasteiger partial charge in [-0.25, -0.2) is 0 Å². The second-order valence-corrected chi connectivity index (χ2v) is 6.45. The summed E-state index contributed by atoms with van der Waals surface area (Å²) in [6.07, 6.45) is 1.13. The standard InChI is InChI=1S/C19H19N5O4/c1-4-24-10(2)13(9-20-24)17-8-15(23-28-17)19(26)21-12-5-6-16-14(7-12)22-18(25)11(3)27-16/h5-9,11H,4H2,1-3H3,(H,21,26)(H,22,25). The van der Waals surface area contributed by atoms with Crippen LogP contribution in [0.4, 0.5) is 11.4 Å². The van der Waals surface area contributed by atoms with Crippen LogP contribution in [-0.4, -0.2) is 32.9 Å². The lowest BCUT2D eigenvalue weighted by atomic mass is 10.2. The molecule has 0 spiro atoms. The summed E-state index contributed by atoms with van der Waals surface area (Å²) in [4.78, 5) is 24.3. The molecular formula is C19H19N5O4. The maximum atomic E-state index is 12.5. The molecule has 1 atom stereocenters. The Morgan fingerprint density at radius 2 is 2.18 bits per heavy atom. The van der Waals surface area contributed by atoms with Crippen molar-refractivity contribution in [1.29, 1.82) is 0 Å². The second kappa shape index (κ2) is 6.84. The van der Waals surface area contributed by atoms with Gasteiger partial charge in [-0.1, -0.05) is 5.16 Å². The number of aryl methyl sites for hydroxylation is 1. The highest BCUT2D eigenvalue weighted by Crippen LogP contribution is 2.32. The third-order valence-electron chi connectivity index (χ3n) is 4.58. The number of nitrogens with zero attached hydrogens (tertiary/aromatic N) is 3. The molecule has 1 unspecified atom stereocenters. The highest BCUT2D eigenvalue weighted by Gasteiger charge is 2.24. The largest absolute Gasteiger partial charge is 0.479 e. The first-order valence-corrected chi connectivity index (χ1v) is 8.88. The van der Waals surface area contributed by atoms with Crippen molar-refractivity contribution in [2.45, 2.75) is 33.4 Å². The molecule has 1 aromatic carbocycles. The van der Waals surface area contributed by atoms with Gasteiger partial charge in [0.25, 0.3) is 11.8 Å². The van der Waals surface area contributed by atoms with Crippen molar-refractivity contribution in [2.75, 3.05) is 10.6 Å². The molecule has 4 rings (SSSR count). The summed E-state index contributed by atoms with van der Waals surface area (Å²) in [6.45, 7) is 6.33. The van der Waals surface area contributed by atoms with Crippen molar-refractivity contribution < 1.29 is 18.8 Å². The van der Waals surface area contributed by atoms with Crippen LogP contribution >= 0.6 is 0 Å². The van der Waals surface area contributed by atoms with Crippen LogP contribution in [0.25, 0.3) is 11.3 Å². The molecule has 9 heteroatoms. The highest BCUT2D eigenvalue weighted by molar-refractivity contribution is 6.04. The normalized spacial score (nSPS) is 15.5. The molecule has 144 valence electrons. The minimum Gasteiger partial charge on any atom is -0.479 e. The van der Waals surface area contributed by atoms with Crippen molar-refractivity contribution in [3.05, 3.63) is 41.9 Å². The zero-order valence-corrected chi connectivity index (χ0v) is 15.6. The number of rotatable bonds is 4. The summed E-state index contributed by atoms with van der Waals surface area (Å²) in [5, 5.41) is 13.6. The van der Waals surface area contributed by atoms with E-state index in [0.717, 1.165) is 17.8 Å². The van der Waals surface area contributed by atoms with Gasteiger partial charge in [-0.3, -0.25) is 14.3 Å². The molecule has 3 heterocycles. The molecule has 0 fully saturated rings. The number of nitrogens with one attached hydrogen (secondary N) is 2. The van der Waals surface area contributed by atoms with Crippen molar-refractivity contribution in [1.82, 2.24) is 14.9 Å². The van der Waals surface area contributed by atoms with E-state index >= 15 is 0 Å². The van der Waals surface area contributed by atoms with Crippen LogP contribution in [0.15, 0.2) is 35.0 Å². The van der Waals surface area contributed by atoms with Gasteiger partial charge < -0.3 is 19.9 Å². The number of carbonyl (C=O) groups is 2. The van der Waals surface area contributed by atoms with E-state index in [1.165, 1.54) is 0 Å². The van der Waals surface area contributed by atoms with E-state index in [2.05, 4.69) is 20.9 Å². The van der Waals surface area contributed by atoms with Crippen LogP contribution in [0.2, 0.25) is 0 Å². The Kier molecular flexibility index (Phi) is 4.34. The van der Waals surface area contributed by atoms with E-state index in [-0.39, 0.29) is 11.6 Å². The average molecular weight is 381 g/mol. The van der Waals surface area contributed by atoms with E-state index in [9.17, 15) is 9.59 Å². The van der Waals surface area contributed by atoms with Gasteiger partial charge in [0.15, 0.2) is 17.6 Å². The fourth-order valence-corrected chi connectivity index (χ4v) is 3.00. The molecular weight excluding hydrogens is 362 g/mol. The van der Waals surface area contributed by atoms with E-state index in [1.54, 1.807) is 37.4 Å². The summed E-state index contributed by atoms with van der Waals surface area (Å²) in [5.74, 6) is 0.367. The Bertz CT molecular complexity index is 1070. The van der Waals surface area contributed by atoms with Crippen LogP contribution in [0.1, 0.15) is 30.0 Å². The Labute approximate surface area is 160 Å². The molecule has 2 aromatic heterocycles. The van der Waals surface area contributed by atoms with Gasteiger partial charge in [0.2, 0.25) is 0 Å². The number of fused-ring (bicyclic) bond motifs is 1. The molecule has 0 aliphatic carbocycles. The monoisotopic (exact) mass is 381 g/mol. The Hall–Kier alpha value is -3.62. The number of carbonyl (C=O) groups excluding carboxylic acids is 2. The summed E-state index contributed by atoms with van der Waals surface area (Å²) >= 11 is 0.